The zero-order chi connectivity index (χ0) is 14.9. The number of hydrogen-bond acceptors (Lipinski definition) is 3. The largest absolute Gasteiger partial charge is 0.492 e. The summed E-state index contributed by atoms with van der Waals surface area (Å²) >= 11 is 0. The second-order valence-corrected chi connectivity index (χ2v) is 4.77. The number of anilines is 2. The van der Waals surface area contributed by atoms with Crippen molar-refractivity contribution in [1.29, 1.82) is 0 Å². The van der Waals surface area contributed by atoms with Crippen LogP contribution in [0.5, 0.6) is 5.75 Å². The molecule has 3 heteroatoms. The number of rotatable bonds is 8. The van der Waals surface area contributed by atoms with Crippen LogP contribution in [-0.4, -0.2) is 26.2 Å². The predicted molar refractivity (Wildman–Crippen MR) is 90.4 cm³/mol. The fourth-order valence-corrected chi connectivity index (χ4v) is 2.33. The fraction of sp³-hybridized carbons (Fsp3) is 0.333. The Morgan fingerprint density at radius 3 is 2.38 bits per heavy atom. The van der Waals surface area contributed by atoms with Crippen LogP contribution in [0.15, 0.2) is 54.6 Å². The lowest BCUT2D eigenvalue weighted by molar-refractivity contribution is 0.341. The minimum atomic E-state index is 0.684. The molecule has 0 bridgehead atoms. The molecule has 21 heavy (non-hydrogen) atoms. The van der Waals surface area contributed by atoms with E-state index >= 15 is 0 Å². The summed E-state index contributed by atoms with van der Waals surface area (Å²) in [4.78, 5) is 2.36. The van der Waals surface area contributed by atoms with Crippen molar-refractivity contribution in [2.24, 2.45) is 0 Å². The number of benzene rings is 2. The first kappa shape index (κ1) is 15.2. The van der Waals surface area contributed by atoms with E-state index in [4.69, 9.17) is 4.74 Å². The molecule has 0 amide bonds. The molecule has 0 radical (unpaired) electrons. The van der Waals surface area contributed by atoms with Gasteiger partial charge in [-0.15, -0.1) is 0 Å². The molecule has 2 rings (SSSR count). The highest BCUT2D eigenvalue weighted by Gasteiger charge is 2.05. The molecule has 0 aliphatic carbocycles. The summed E-state index contributed by atoms with van der Waals surface area (Å²) in [6, 6.07) is 18.6. The Morgan fingerprint density at radius 2 is 1.67 bits per heavy atom. The van der Waals surface area contributed by atoms with E-state index in [-0.39, 0.29) is 0 Å². The molecule has 0 saturated carbocycles. The highest BCUT2D eigenvalue weighted by molar-refractivity contribution is 5.56. The summed E-state index contributed by atoms with van der Waals surface area (Å²) < 4.78 is 5.63. The van der Waals surface area contributed by atoms with Gasteiger partial charge in [0.25, 0.3) is 0 Å². The molecule has 0 aromatic heterocycles. The molecule has 0 atom stereocenters. The zero-order valence-electron chi connectivity index (χ0n) is 12.9. The van der Waals surface area contributed by atoms with E-state index in [1.165, 1.54) is 5.69 Å². The Hall–Kier alpha value is -2.16. The van der Waals surface area contributed by atoms with Crippen LogP contribution in [0.3, 0.4) is 0 Å². The quantitative estimate of drug-likeness (QED) is 0.792. The standard InChI is InChI=1S/C18H24N2O/c1-3-20(16-10-6-5-7-11-16)15-14-19-17-12-8-9-13-18(17)21-4-2/h5-13,19H,3-4,14-15H2,1-2H3. The van der Waals surface area contributed by atoms with Crippen LogP contribution in [0.4, 0.5) is 11.4 Å². The van der Waals surface area contributed by atoms with Gasteiger partial charge >= 0.3 is 0 Å². The number of nitrogens with one attached hydrogen (secondary N) is 1. The summed E-state index contributed by atoms with van der Waals surface area (Å²) in [6.07, 6.45) is 0. The summed E-state index contributed by atoms with van der Waals surface area (Å²) in [7, 11) is 0. The van der Waals surface area contributed by atoms with Gasteiger partial charge < -0.3 is 15.0 Å². The monoisotopic (exact) mass is 284 g/mol. The van der Waals surface area contributed by atoms with Crippen molar-refractivity contribution in [3.8, 4) is 5.75 Å². The number of nitrogens with zero attached hydrogens (tertiary/aromatic N) is 1. The lowest BCUT2D eigenvalue weighted by Crippen LogP contribution is -2.28. The van der Waals surface area contributed by atoms with Crippen molar-refractivity contribution in [3.63, 3.8) is 0 Å². The highest BCUT2D eigenvalue weighted by atomic mass is 16.5. The van der Waals surface area contributed by atoms with Crippen LogP contribution >= 0.6 is 0 Å². The van der Waals surface area contributed by atoms with Gasteiger partial charge in [-0.2, -0.15) is 0 Å². The normalized spacial score (nSPS) is 10.2. The third-order valence-electron chi connectivity index (χ3n) is 3.39. The third-order valence-corrected chi connectivity index (χ3v) is 3.39. The van der Waals surface area contributed by atoms with Crippen LogP contribution in [0, 0.1) is 0 Å². The minimum Gasteiger partial charge on any atom is -0.492 e. The molecule has 0 spiro atoms. The molecule has 2 aromatic rings. The molecular weight excluding hydrogens is 260 g/mol. The van der Waals surface area contributed by atoms with E-state index in [1.807, 2.05) is 31.2 Å². The zero-order valence-corrected chi connectivity index (χ0v) is 12.9. The smallest absolute Gasteiger partial charge is 0.142 e. The summed E-state index contributed by atoms with van der Waals surface area (Å²) in [5.74, 6) is 0.919. The summed E-state index contributed by atoms with van der Waals surface area (Å²) in [5, 5.41) is 3.47. The van der Waals surface area contributed by atoms with Gasteiger partial charge in [0.05, 0.1) is 12.3 Å². The number of likely N-dealkylation sites (N-methyl/N-ethyl adjacent to an activating group) is 1. The second-order valence-electron chi connectivity index (χ2n) is 4.77. The molecule has 0 saturated heterocycles. The van der Waals surface area contributed by atoms with E-state index in [1.54, 1.807) is 0 Å². The maximum Gasteiger partial charge on any atom is 0.142 e. The third kappa shape index (κ3) is 4.42. The van der Waals surface area contributed by atoms with Crippen LogP contribution in [-0.2, 0) is 0 Å². The Morgan fingerprint density at radius 1 is 0.952 bits per heavy atom. The molecule has 1 N–H and O–H groups in total. The molecule has 0 heterocycles. The van der Waals surface area contributed by atoms with Gasteiger partial charge in [-0.1, -0.05) is 30.3 Å². The second kappa shape index (κ2) is 8.20. The van der Waals surface area contributed by atoms with Gasteiger partial charge in [-0.25, -0.2) is 0 Å². The van der Waals surface area contributed by atoms with Crippen LogP contribution < -0.4 is 15.0 Å². The first-order valence-electron chi connectivity index (χ1n) is 7.60. The van der Waals surface area contributed by atoms with Gasteiger partial charge in [-0.05, 0) is 38.1 Å². The lowest BCUT2D eigenvalue weighted by Gasteiger charge is -2.23. The molecule has 112 valence electrons. The fourth-order valence-electron chi connectivity index (χ4n) is 2.33. The molecule has 0 aliphatic rings. The van der Waals surface area contributed by atoms with E-state index in [0.29, 0.717) is 6.61 Å². The average molecular weight is 284 g/mol. The Bertz CT molecular complexity index is 528. The van der Waals surface area contributed by atoms with Crippen molar-refractivity contribution in [1.82, 2.24) is 0 Å². The Kier molecular flexibility index (Phi) is 5.95. The summed E-state index contributed by atoms with van der Waals surface area (Å²) in [5.41, 5.74) is 2.32. The number of ether oxygens (including phenoxy) is 1. The first-order valence-corrected chi connectivity index (χ1v) is 7.60. The van der Waals surface area contributed by atoms with Crippen molar-refractivity contribution in [2.45, 2.75) is 13.8 Å². The molecule has 2 aromatic carbocycles. The first-order chi connectivity index (χ1) is 10.3. The Labute approximate surface area is 127 Å². The van der Waals surface area contributed by atoms with E-state index in [9.17, 15) is 0 Å². The van der Waals surface area contributed by atoms with Crippen LogP contribution in [0.2, 0.25) is 0 Å². The van der Waals surface area contributed by atoms with E-state index < -0.39 is 0 Å². The van der Waals surface area contributed by atoms with Gasteiger partial charge in [0.2, 0.25) is 0 Å². The lowest BCUT2D eigenvalue weighted by atomic mass is 10.2. The van der Waals surface area contributed by atoms with E-state index in [0.717, 1.165) is 31.1 Å². The Balaban J connectivity index is 1.91. The molecule has 0 fully saturated rings. The predicted octanol–water partition coefficient (Wildman–Crippen LogP) is 4.02. The van der Waals surface area contributed by atoms with Crippen LogP contribution in [0.1, 0.15) is 13.8 Å². The molecule has 0 unspecified atom stereocenters. The van der Waals surface area contributed by atoms with Gasteiger partial charge in [0.1, 0.15) is 5.75 Å². The maximum absolute atomic E-state index is 5.63. The van der Waals surface area contributed by atoms with Crippen molar-refractivity contribution in [3.05, 3.63) is 54.6 Å². The van der Waals surface area contributed by atoms with Gasteiger partial charge in [-0.3, -0.25) is 0 Å². The topological polar surface area (TPSA) is 24.5 Å². The van der Waals surface area contributed by atoms with Crippen molar-refractivity contribution in [2.75, 3.05) is 36.5 Å². The van der Waals surface area contributed by atoms with E-state index in [2.05, 4.69) is 47.5 Å². The SMILES string of the molecule is CCOc1ccccc1NCCN(CC)c1ccccc1. The molecule has 0 aliphatic heterocycles. The molecular formula is C18H24N2O. The highest BCUT2D eigenvalue weighted by Crippen LogP contribution is 2.23. The maximum atomic E-state index is 5.63. The van der Waals surface area contributed by atoms with Crippen LogP contribution in [0.25, 0.3) is 0 Å². The van der Waals surface area contributed by atoms with Crippen molar-refractivity contribution < 1.29 is 4.74 Å². The molecule has 3 nitrogen and oxygen atoms in total. The minimum absolute atomic E-state index is 0.684. The number of para-hydroxylation sites is 3. The van der Waals surface area contributed by atoms with Gasteiger partial charge in [0.15, 0.2) is 0 Å². The van der Waals surface area contributed by atoms with Crippen molar-refractivity contribution >= 4 is 11.4 Å². The summed E-state index contributed by atoms with van der Waals surface area (Å²) in [6.45, 7) is 7.71. The number of hydrogen-bond donors (Lipinski definition) is 1. The average Bonchev–Trinajstić information content (AvgIpc) is 2.54. The van der Waals surface area contributed by atoms with Gasteiger partial charge in [0, 0.05) is 25.3 Å².